The SMILES string of the molecule is CNCC(=O)NC1(C(=O)O)CCOC1. The van der Waals surface area contributed by atoms with Gasteiger partial charge in [0.25, 0.3) is 0 Å². The molecule has 1 unspecified atom stereocenters. The first-order valence-corrected chi connectivity index (χ1v) is 4.37. The minimum atomic E-state index is -1.23. The summed E-state index contributed by atoms with van der Waals surface area (Å²) in [5, 5.41) is 14.1. The monoisotopic (exact) mass is 202 g/mol. The molecule has 1 heterocycles. The maximum atomic E-state index is 11.2. The van der Waals surface area contributed by atoms with Crippen LogP contribution in [0.4, 0.5) is 0 Å². The van der Waals surface area contributed by atoms with Crippen molar-refractivity contribution in [1.82, 2.24) is 10.6 Å². The number of likely N-dealkylation sites (N-methyl/N-ethyl adjacent to an activating group) is 1. The van der Waals surface area contributed by atoms with Gasteiger partial charge in [-0.3, -0.25) is 4.79 Å². The van der Waals surface area contributed by atoms with Crippen LogP contribution in [0.1, 0.15) is 6.42 Å². The molecule has 1 aliphatic heterocycles. The standard InChI is InChI=1S/C8H14N2O4/c1-9-4-6(11)10-8(7(12)13)2-3-14-5-8/h9H,2-5H2,1H3,(H,10,11)(H,12,13). The fourth-order valence-electron chi connectivity index (χ4n) is 1.36. The molecule has 0 radical (unpaired) electrons. The van der Waals surface area contributed by atoms with E-state index in [1.165, 1.54) is 0 Å². The number of aliphatic carboxylic acids is 1. The lowest BCUT2D eigenvalue weighted by atomic mass is 9.99. The third kappa shape index (κ3) is 2.21. The Bertz CT molecular complexity index is 235. The summed E-state index contributed by atoms with van der Waals surface area (Å²) < 4.78 is 4.98. The molecule has 3 N–H and O–H groups in total. The van der Waals surface area contributed by atoms with E-state index in [0.717, 1.165) is 0 Å². The van der Waals surface area contributed by atoms with Gasteiger partial charge in [-0.1, -0.05) is 0 Å². The molecule has 1 fully saturated rings. The summed E-state index contributed by atoms with van der Waals surface area (Å²) in [5.74, 6) is -1.38. The van der Waals surface area contributed by atoms with E-state index >= 15 is 0 Å². The minimum Gasteiger partial charge on any atom is -0.479 e. The highest BCUT2D eigenvalue weighted by Crippen LogP contribution is 2.18. The Morgan fingerprint density at radius 3 is 2.71 bits per heavy atom. The predicted octanol–water partition coefficient (Wildman–Crippen LogP) is -1.43. The maximum Gasteiger partial charge on any atom is 0.331 e. The Balaban J connectivity index is 2.60. The van der Waals surface area contributed by atoms with E-state index < -0.39 is 11.5 Å². The summed E-state index contributed by atoms with van der Waals surface area (Å²) in [5.41, 5.74) is -1.23. The molecule has 80 valence electrons. The first-order valence-electron chi connectivity index (χ1n) is 4.37. The van der Waals surface area contributed by atoms with Crippen molar-refractivity contribution in [3.05, 3.63) is 0 Å². The Morgan fingerprint density at radius 1 is 1.57 bits per heavy atom. The van der Waals surface area contributed by atoms with Gasteiger partial charge in [0.2, 0.25) is 5.91 Å². The molecule has 1 rings (SSSR count). The molecule has 0 aromatic carbocycles. The Kier molecular flexibility index (Phi) is 3.43. The molecule has 1 saturated heterocycles. The number of carboxylic acid groups (broad SMARTS) is 1. The minimum absolute atomic E-state index is 0.0395. The van der Waals surface area contributed by atoms with E-state index in [1.807, 2.05) is 0 Å². The van der Waals surface area contributed by atoms with E-state index in [0.29, 0.717) is 13.0 Å². The van der Waals surface area contributed by atoms with E-state index in [-0.39, 0.29) is 19.1 Å². The Labute approximate surface area is 81.6 Å². The van der Waals surface area contributed by atoms with Crippen LogP contribution >= 0.6 is 0 Å². The summed E-state index contributed by atoms with van der Waals surface area (Å²) in [7, 11) is 1.62. The van der Waals surface area contributed by atoms with Crippen LogP contribution in [0.3, 0.4) is 0 Å². The van der Waals surface area contributed by atoms with E-state index in [1.54, 1.807) is 7.05 Å². The van der Waals surface area contributed by atoms with E-state index in [2.05, 4.69) is 10.6 Å². The maximum absolute atomic E-state index is 11.2. The van der Waals surface area contributed by atoms with Crippen molar-refractivity contribution in [2.45, 2.75) is 12.0 Å². The average molecular weight is 202 g/mol. The molecule has 0 aromatic heterocycles. The number of carbonyl (C=O) groups excluding carboxylic acids is 1. The Hall–Kier alpha value is -1.14. The highest BCUT2D eigenvalue weighted by Gasteiger charge is 2.43. The van der Waals surface area contributed by atoms with Crippen LogP contribution in [0.2, 0.25) is 0 Å². The van der Waals surface area contributed by atoms with Crippen molar-refractivity contribution >= 4 is 11.9 Å². The van der Waals surface area contributed by atoms with Gasteiger partial charge in [-0.15, -0.1) is 0 Å². The quantitative estimate of drug-likeness (QED) is 0.520. The van der Waals surface area contributed by atoms with Gasteiger partial charge in [-0.2, -0.15) is 0 Å². The summed E-state index contributed by atoms with van der Waals surface area (Å²) >= 11 is 0. The second kappa shape index (κ2) is 4.39. The predicted molar refractivity (Wildman–Crippen MR) is 47.9 cm³/mol. The molecule has 0 spiro atoms. The summed E-state index contributed by atoms with van der Waals surface area (Å²) in [6.45, 7) is 0.513. The number of nitrogens with one attached hydrogen (secondary N) is 2. The molecule has 6 heteroatoms. The van der Waals surface area contributed by atoms with Crippen LogP contribution in [-0.4, -0.2) is 49.3 Å². The molecule has 6 nitrogen and oxygen atoms in total. The van der Waals surface area contributed by atoms with E-state index in [9.17, 15) is 9.59 Å². The van der Waals surface area contributed by atoms with Crippen molar-refractivity contribution in [1.29, 1.82) is 0 Å². The Morgan fingerprint density at radius 2 is 2.29 bits per heavy atom. The normalized spacial score (nSPS) is 26.1. The van der Waals surface area contributed by atoms with Crippen LogP contribution in [0, 0.1) is 0 Å². The molecule has 14 heavy (non-hydrogen) atoms. The van der Waals surface area contributed by atoms with Crippen molar-refractivity contribution in [2.75, 3.05) is 26.8 Å². The third-order valence-electron chi connectivity index (χ3n) is 2.15. The fourth-order valence-corrected chi connectivity index (χ4v) is 1.36. The third-order valence-corrected chi connectivity index (χ3v) is 2.15. The van der Waals surface area contributed by atoms with Gasteiger partial charge in [0.1, 0.15) is 0 Å². The summed E-state index contributed by atoms with van der Waals surface area (Å²) in [4.78, 5) is 22.2. The van der Waals surface area contributed by atoms with Crippen LogP contribution in [-0.2, 0) is 14.3 Å². The van der Waals surface area contributed by atoms with Gasteiger partial charge in [0, 0.05) is 13.0 Å². The molecule has 0 aliphatic carbocycles. The van der Waals surface area contributed by atoms with Gasteiger partial charge in [0.05, 0.1) is 13.2 Å². The van der Waals surface area contributed by atoms with Crippen molar-refractivity contribution < 1.29 is 19.4 Å². The highest BCUT2D eigenvalue weighted by atomic mass is 16.5. The second-order valence-electron chi connectivity index (χ2n) is 3.27. The lowest BCUT2D eigenvalue weighted by molar-refractivity contribution is -0.147. The van der Waals surface area contributed by atoms with Crippen molar-refractivity contribution in [3.63, 3.8) is 0 Å². The van der Waals surface area contributed by atoms with Crippen LogP contribution < -0.4 is 10.6 Å². The van der Waals surface area contributed by atoms with Gasteiger partial charge in [-0.25, -0.2) is 4.79 Å². The number of carbonyl (C=O) groups is 2. The number of rotatable bonds is 4. The van der Waals surface area contributed by atoms with Crippen molar-refractivity contribution in [2.24, 2.45) is 0 Å². The average Bonchev–Trinajstić information content (AvgIpc) is 2.54. The zero-order valence-corrected chi connectivity index (χ0v) is 8.00. The number of ether oxygens (including phenoxy) is 1. The largest absolute Gasteiger partial charge is 0.479 e. The first-order chi connectivity index (χ1) is 6.60. The molecule has 0 saturated carbocycles. The van der Waals surface area contributed by atoms with Crippen molar-refractivity contribution in [3.8, 4) is 0 Å². The summed E-state index contributed by atoms with van der Waals surface area (Å²) in [6.07, 6.45) is 0.317. The van der Waals surface area contributed by atoms with E-state index in [4.69, 9.17) is 9.84 Å². The van der Waals surface area contributed by atoms with Gasteiger partial charge in [-0.05, 0) is 7.05 Å². The van der Waals surface area contributed by atoms with Crippen LogP contribution in [0.25, 0.3) is 0 Å². The number of hydrogen-bond acceptors (Lipinski definition) is 4. The molecule has 1 aliphatic rings. The zero-order chi connectivity index (χ0) is 10.6. The lowest BCUT2D eigenvalue weighted by Gasteiger charge is -2.23. The first kappa shape index (κ1) is 10.9. The van der Waals surface area contributed by atoms with Gasteiger partial charge in [0.15, 0.2) is 5.54 Å². The van der Waals surface area contributed by atoms with Gasteiger partial charge >= 0.3 is 5.97 Å². The summed E-state index contributed by atoms with van der Waals surface area (Å²) in [6, 6.07) is 0. The molecule has 1 atom stereocenters. The fraction of sp³-hybridized carbons (Fsp3) is 0.750. The lowest BCUT2D eigenvalue weighted by Crippen LogP contribution is -2.56. The number of amides is 1. The zero-order valence-electron chi connectivity index (χ0n) is 8.00. The molecule has 0 aromatic rings. The number of carboxylic acids is 1. The molecular weight excluding hydrogens is 188 g/mol. The second-order valence-corrected chi connectivity index (χ2v) is 3.27. The molecule has 1 amide bonds. The van der Waals surface area contributed by atoms with Crippen LogP contribution in [0.5, 0.6) is 0 Å². The van der Waals surface area contributed by atoms with Crippen LogP contribution in [0.15, 0.2) is 0 Å². The smallest absolute Gasteiger partial charge is 0.331 e. The molecule has 0 bridgehead atoms. The molecular formula is C8H14N2O4. The topological polar surface area (TPSA) is 87.7 Å². The number of hydrogen-bond donors (Lipinski definition) is 3. The van der Waals surface area contributed by atoms with Gasteiger partial charge < -0.3 is 20.5 Å². The highest BCUT2D eigenvalue weighted by molar-refractivity contribution is 5.88.